The first-order valence-electron chi connectivity index (χ1n) is 6.30. The van der Waals surface area contributed by atoms with E-state index < -0.39 is 5.97 Å². The molecule has 0 saturated carbocycles. The van der Waals surface area contributed by atoms with Gasteiger partial charge in [0, 0.05) is 12.1 Å². The predicted octanol–water partition coefficient (Wildman–Crippen LogP) is 2.72. The molecular weight excluding hydrogens is 226 g/mol. The lowest BCUT2D eigenvalue weighted by atomic mass is 9.97. The van der Waals surface area contributed by atoms with Crippen molar-refractivity contribution in [1.29, 1.82) is 0 Å². The van der Waals surface area contributed by atoms with Crippen molar-refractivity contribution < 1.29 is 9.90 Å². The van der Waals surface area contributed by atoms with Crippen LogP contribution in [-0.2, 0) is 11.2 Å². The first-order valence-corrected chi connectivity index (χ1v) is 6.30. The van der Waals surface area contributed by atoms with Crippen LogP contribution in [0, 0.1) is 6.92 Å². The molecule has 0 bridgehead atoms. The number of aliphatic carboxylic acids is 1. The van der Waals surface area contributed by atoms with Crippen molar-refractivity contribution in [2.24, 2.45) is 0 Å². The summed E-state index contributed by atoms with van der Waals surface area (Å²) in [5.74, 6) is -0.747. The van der Waals surface area contributed by atoms with Gasteiger partial charge in [0.25, 0.3) is 0 Å². The summed E-state index contributed by atoms with van der Waals surface area (Å²) in [5.41, 5.74) is 2.31. The van der Waals surface area contributed by atoms with Gasteiger partial charge in [-0.3, -0.25) is 4.79 Å². The van der Waals surface area contributed by atoms with Crippen LogP contribution in [0.4, 0.5) is 0 Å². The molecule has 3 nitrogen and oxygen atoms in total. The second-order valence-electron chi connectivity index (χ2n) is 5.48. The van der Waals surface area contributed by atoms with Crippen LogP contribution in [-0.4, -0.2) is 35.1 Å². The first-order chi connectivity index (χ1) is 8.33. The fourth-order valence-electron chi connectivity index (χ4n) is 1.99. The molecule has 1 rings (SSSR count). The Balaban J connectivity index is 2.58. The van der Waals surface area contributed by atoms with Crippen molar-refractivity contribution in [3.8, 4) is 0 Å². The fraction of sp³-hybridized carbons (Fsp3) is 0.533. The normalized spacial score (nSPS) is 11.8. The molecule has 0 aromatic heterocycles. The smallest absolute Gasteiger partial charge is 0.305 e. The van der Waals surface area contributed by atoms with Crippen LogP contribution in [0.25, 0.3) is 0 Å². The van der Waals surface area contributed by atoms with Gasteiger partial charge in [-0.25, -0.2) is 0 Å². The summed E-state index contributed by atoms with van der Waals surface area (Å²) >= 11 is 0. The lowest BCUT2D eigenvalue weighted by Gasteiger charge is -2.34. The van der Waals surface area contributed by atoms with Crippen LogP contribution in [0.5, 0.6) is 0 Å². The minimum Gasteiger partial charge on any atom is -0.481 e. The van der Waals surface area contributed by atoms with E-state index in [1.54, 1.807) is 0 Å². The van der Waals surface area contributed by atoms with Gasteiger partial charge in [-0.2, -0.15) is 0 Å². The molecule has 0 unspecified atom stereocenters. The standard InChI is InChI=1S/C15H23NO2/c1-12-7-5-6-8-13(12)9-10-16(4)15(2,3)11-14(17)18/h5-8H,9-11H2,1-4H3,(H,17,18). The Hall–Kier alpha value is -1.35. The van der Waals surface area contributed by atoms with Crippen molar-refractivity contribution in [1.82, 2.24) is 4.90 Å². The average Bonchev–Trinajstić information content (AvgIpc) is 2.25. The molecule has 0 radical (unpaired) electrons. The highest BCUT2D eigenvalue weighted by Crippen LogP contribution is 2.18. The molecule has 0 atom stereocenters. The minimum absolute atomic E-state index is 0.164. The summed E-state index contributed by atoms with van der Waals surface area (Å²) in [6, 6.07) is 8.33. The molecule has 0 fully saturated rings. The zero-order valence-corrected chi connectivity index (χ0v) is 11.7. The van der Waals surface area contributed by atoms with Crippen LogP contribution >= 0.6 is 0 Å². The van der Waals surface area contributed by atoms with Gasteiger partial charge in [-0.1, -0.05) is 24.3 Å². The van der Waals surface area contributed by atoms with Crippen LogP contribution in [0.2, 0.25) is 0 Å². The molecule has 100 valence electrons. The third kappa shape index (κ3) is 4.15. The average molecular weight is 249 g/mol. The summed E-state index contributed by atoms with van der Waals surface area (Å²) in [6.45, 7) is 6.92. The highest BCUT2D eigenvalue weighted by atomic mass is 16.4. The summed E-state index contributed by atoms with van der Waals surface area (Å²) in [5, 5.41) is 8.90. The summed E-state index contributed by atoms with van der Waals surface area (Å²) < 4.78 is 0. The van der Waals surface area contributed by atoms with E-state index >= 15 is 0 Å². The van der Waals surface area contributed by atoms with E-state index in [9.17, 15) is 4.79 Å². The second kappa shape index (κ2) is 6.01. The molecule has 0 amide bonds. The second-order valence-corrected chi connectivity index (χ2v) is 5.48. The van der Waals surface area contributed by atoms with Crippen molar-refractivity contribution >= 4 is 5.97 Å². The Bertz CT molecular complexity index is 413. The fourth-order valence-corrected chi connectivity index (χ4v) is 1.99. The van der Waals surface area contributed by atoms with E-state index in [0.29, 0.717) is 0 Å². The minimum atomic E-state index is -0.747. The Morgan fingerprint density at radius 3 is 2.50 bits per heavy atom. The predicted molar refractivity (Wildman–Crippen MR) is 73.8 cm³/mol. The Labute approximate surface area is 109 Å². The molecule has 1 aromatic rings. The van der Waals surface area contributed by atoms with Gasteiger partial charge in [-0.15, -0.1) is 0 Å². The summed E-state index contributed by atoms with van der Waals surface area (Å²) in [4.78, 5) is 12.9. The maximum Gasteiger partial charge on any atom is 0.305 e. The zero-order chi connectivity index (χ0) is 13.8. The number of aryl methyl sites for hydroxylation is 1. The molecule has 0 aliphatic carbocycles. The number of rotatable bonds is 6. The molecule has 0 spiro atoms. The molecular formula is C15H23NO2. The van der Waals surface area contributed by atoms with Gasteiger partial charge in [0.15, 0.2) is 0 Å². The SMILES string of the molecule is Cc1ccccc1CCN(C)C(C)(C)CC(=O)O. The number of nitrogens with zero attached hydrogens (tertiary/aromatic N) is 1. The number of carboxylic acid groups (broad SMARTS) is 1. The van der Waals surface area contributed by atoms with Crippen LogP contribution in [0.1, 0.15) is 31.4 Å². The van der Waals surface area contributed by atoms with Crippen LogP contribution in [0.3, 0.4) is 0 Å². The van der Waals surface area contributed by atoms with Gasteiger partial charge in [0.2, 0.25) is 0 Å². The molecule has 0 aliphatic heterocycles. The highest BCUT2D eigenvalue weighted by molar-refractivity contribution is 5.68. The van der Waals surface area contributed by atoms with Crippen molar-refractivity contribution in [2.45, 2.75) is 39.2 Å². The topological polar surface area (TPSA) is 40.5 Å². The maximum absolute atomic E-state index is 10.8. The van der Waals surface area contributed by atoms with Crippen molar-refractivity contribution in [3.63, 3.8) is 0 Å². The molecule has 18 heavy (non-hydrogen) atoms. The lowest BCUT2D eigenvalue weighted by molar-refractivity contribution is -0.139. The number of benzene rings is 1. The number of hydrogen-bond acceptors (Lipinski definition) is 2. The van der Waals surface area contributed by atoms with Gasteiger partial charge < -0.3 is 10.0 Å². The van der Waals surface area contributed by atoms with E-state index in [2.05, 4.69) is 24.0 Å². The molecule has 0 saturated heterocycles. The Morgan fingerprint density at radius 2 is 1.94 bits per heavy atom. The largest absolute Gasteiger partial charge is 0.481 e. The molecule has 0 aliphatic rings. The van der Waals surface area contributed by atoms with E-state index in [4.69, 9.17) is 5.11 Å². The van der Waals surface area contributed by atoms with Gasteiger partial charge in [0.1, 0.15) is 0 Å². The Morgan fingerprint density at radius 1 is 1.33 bits per heavy atom. The highest BCUT2D eigenvalue weighted by Gasteiger charge is 2.26. The molecule has 0 heterocycles. The van der Waals surface area contributed by atoms with Crippen LogP contribution < -0.4 is 0 Å². The summed E-state index contributed by atoms with van der Waals surface area (Å²) in [6.07, 6.45) is 1.11. The maximum atomic E-state index is 10.8. The third-order valence-corrected chi connectivity index (χ3v) is 3.60. The lowest BCUT2D eigenvalue weighted by Crippen LogP contribution is -2.43. The molecule has 3 heteroatoms. The van der Waals surface area contributed by atoms with Gasteiger partial charge >= 0.3 is 5.97 Å². The number of carbonyl (C=O) groups is 1. The van der Waals surface area contributed by atoms with Crippen molar-refractivity contribution in [2.75, 3.05) is 13.6 Å². The first kappa shape index (κ1) is 14.7. The van der Waals surface area contributed by atoms with Gasteiger partial charge in [0.05, 0.1) is 6.42 Å². The van der Waals surface area contributed by atoms with Gasteiger partial charge in [-0.05, 0) is 45.4 Å². The monoisotopic (exact) mass is 249 g/mol. The molecule has 1 aromatic carbocycles. The third-order valence-electron chi connectivity index (χ3n) is 3.60. The Kier molecular flexibility index (Phi) is 4.91. The number of carboxylic acids is 1. The van der Waals surface area contributed by atoms with E-state index in [1.165, 1.54) is 11.1 Å². The van der Waals surface area contributed by atoms with E-state index in [1.807, 2.05) is 33.0 Å². The molecule has 1 N–H and O–H groups in total. The van der Waals surface area contributed by atoms with E-state index in [-0.39, 0.29) is 12.0 Å². The quantitative estimate of drug-likeness (QED) is 0.842. The van der Waals surface area contributed by atoms with Crippen molar-refractivity contribution in [3.05, 3.63) is 35.4 Å². The number of likely N-dealkylation sites (N-methyl/N-ethyl adjacent to an activating group) is 1. The van der Waals surface area contributed by atoms with Crippen LogP contribution in [0.15, 0.2) is 24.3 Å². The summed E-state index contributed by atoms with van der Waals surface area (Å²) in [7, 11) is 1.99. The van der Waals surface area contributed by atoms with E-state index in [0.717, 1.165) is 13.0 Å². The number of hydrogen-bond donors (Lipinski definition) is 1. The zero-order valence-electron chi connectivity index (χ0n) is 11.7.